The van der Waals surface area contributed by atoms with Gasteiger partial charge in [0, 0.05) is 24.6 Å². The van der Waals surface area contributed by atoms with E-state index in [-0.39, 0.29) is 30.5 Å². The van der Waals surface area contributed by atoms with Crippen LogP contribution in [-0.4, -0.2) is 148 Å². The molecule has 281 valence electrons. The van der Waals surface area contributed by atoms with Crippen LogP contribution in [-0.2, 0) is 68.3 Å². The molecule has 0 saturated carbocycles. The van der Waals surface area contributed by atoms with Crippen LogP contribution in [0.15, 0.2) is 18.2 Å². The Morgan fingerprint density at radius 1 is 0.824 bits per heavy atom. The number of hydrogen-bond acceptors (Lipinski definition) is 16. The van der Waals surface area contributed by atoms with E-state index < -0.39 is 59.7 Å². The molecule has 1 aromatic heterocycles. The third kappa shape index (κ3) is 14.5. The molecule has 3 aliphatic heterocycles. The van der Waals surface area contributed by atoms with Crippen LogP contribution in [0.25, 0.3) is 0 Å². The van der Waals surface area contributed by atoms with Crippen molar-refractivity contribution in [2.75, 3.05) is 71.4 Å². The number of pyridine rings is 1. The Labute approximate surface area is 313 Å². The normalized spacial score (nSPS) is 22.8. The minimum absolute atomic E-state index is 0. The molecule has 4 atom stereocenters. The van der Waals surface area contributed by atoms with Gasteiger partial charge in [0.15, 0.2) is 0 Å². The molecule has 1 aromatic rings. The average Bonchev–Trinajstić information content (AvgIpc) is 3.03. The van der Waals surface area contributed by atoms with Gasteiger partial charge in [-0.05, 0) is 32.0 Å². The van der Waals surface area contributed by atoms with Crippen LogP contribution in [0.5, 0.6) is 0 Å². The molecular weight excluding hydrogens is 755 g/mol. The van der Waals surface area contributed by atoms with E-state index in [0.29, 0.717) is 87.2 Å². The van der Waals surface area contributed by atoms with Gasteiger partial charge < -0.3 is 54.5 Å². The summed E-state index contributed by atoms with van der Waals surface area (Å²) in [4.78, 5) is 82.6. The summed E-state index contributed by atoms with van der Waals surface area (Å²) in [7, 11) is 1.83. The molecule has 0 aromatic carbocycles. The van der Waals surface area contributed by atoms with Crippen molar-refractivity contribution >= 4 is 57.9 Å². The first-order valence-electron chi connectivity index (χ1n) is 15.6. The standard InChI is InChI=1S/C30H40N6O12S2.Mn/c1-34-11-21-13-35(23(27(41)47-21)5-7-49-29(43)31-17-45-15-25(37)38)9-19-3-2-4-20(33-19)10-36-14-22(12-34)48-28(42)24(36)6-8-50-30(44)32-18-46-16-26(39)40;/h2-4,23-24H,5-18H2,1H3,(H,31,43)(H,32,44)(H,37,38)(H,39,40);/q-2;+2. The number of nitrogens with zero attached hydrogens (tertiary/aromatic N) is 4. The summed E-state index contributed by atoms with van der Waals surface area (Å²) < 4.78 is 21.2. The number of likely N-dealkylation sites (N-methyl/N-ethyl adjacent to an activating group) is 1. The van der Waals surface area contributed by atoms with Crippen molar-refractivity contribution in [3.05, 3.63) is 41.8 Å². The van der Waals surface area contributed by atoms with E-state index in [0.717, 1.165) is 23.5 Å². The van der Waals surface area contributed by atoms with Gasteiger partial charge in [-0.3, -0.25) is 24.2 Å². The van der Waals surface area contributed by atoms with Crippen LogP contribution in [0.2, 0.25) is 0 Å². The molecule has 2 saturated heterocycles. The Bertz CT molecular complexity index is 1290. The van der Waals surface area contributed by atoms with Crippen molar-refractivity contribution in [3.63, 3.8) is 0 Å². The van der Waals surface area contributed by atoms with Crippen molar-refractivity contribution in [3.8, 4) is 0 Å². The fourth-order valence-corrected chi connectivity index (χ4v) is 6.83. The zero-order valence-corrected chi connectivity index (χ0v) is 30.6. The molecule has 2 amide bonds. The van der Waals surface area contributed by atoms with Crippen LogP contribution in [0.1, 0.15) is 24.2 Å². The number of thioether (sulfide) groups is 2. The Balaban J connectivity index is 0.00000702. The summed E-state index contributed by atoms with van der Waals surface area (Å²) in [6.45, 7) is 0.361. The molecule has 0 aliphatic carbocycles. The van der Waals surface area contributed by atoms with Crippen LogP contribution in [0.4, 0.5) is 9.59 Å². The zero-order valence-electron chi connectivity index (χ0n) is 27.7. The monoisotopic (exact) mass is 795 g/mol. The molecule has 4 heterocycles. The first kappa shape index (κ1) is 42.4. The first-order chi connectivity index (χ1) is 24.0. The number of aromatic nitrogens is 1. The number of fused-ring (bicyclic) bond motifs is 6. The van der Waals surface area contributed by atoms with E-state index in [4.69, 9.17) is 34.1 Å². The number of carbonyl (C=O) groups excluding carboxylic acids is 4. The second-order valence-electron chi connectivity index (χ2n) is 11.5. The predicted octanol–water partition coefficient (Wildman–Crippen LogP) is 0.326. The van der Waals surface area contributed by atoms with Crippen LogP contribution >= 0.6 is 23.5 Å². The SMILES string of the molecule is CN1C[C-]2CN(Cc3cccc(n3)CN3C[C-](C1)OC(=O)C3CCSC(=O)NCOCC(=O)O)C(CCSC(=O)NCOCC(=O)O)C(=O)O2.[Mn+2]. The van der Waals surface area contributed by atoms with Gasteiger partial charge in [-0.2, -0.15) is 0 Å². The quantitative estimate of drug-likeness (QED) is 0.0654. The summed E-state index contributed by atoms with van der Waals surface area (Å²) in [6, 6.07) is 4.28. The fraction of sp³-hybridized carbons (Fsp3) is 0.567. The molecule has 4 unspecified atom stereocenters. The van der Waals surface area contributed by atoms with E-state index >= 15 is 0 Å². The maximum atomic E-state index is 13.3. The van der Waals surface area contributed by atoms with Gasteiger partial charge in [0.25, 0.3) is 22.4 Å². The number of carbonyl (C=O) groups is 6. The molecule has 6 bridgehead atoms. The smallest absolute Gasteiger partial charge is 0.630 e. The van der Waals surface area contributed by atoms with Gasteiger partial charge in [0.05, 0.1) is 11.4 Å². The van der Waals surface area contributed by atoms with E-state index in [1.54, 1.807) is 0 Å². The molecule has 4 N–H and O–H groups in total. The molecule has 0 spiro atoms. The molecule has 2 fully saturated rings. The number of ether oxygens (including phenoxy) is 4. The number of aliphatic carboxylic acids is 2. The molecular formula is C30H40MnN6O12S2. The number of morpholine rings is 2. The Morgan fingerprint density at radius 3 is 1.67 bits per heavy atom. The van der Waals surface area contributed by atoms with Crippen LogP contribution in [0.3, 0.4) is 0 Å². The van der Waals surface area contributed by atoms with Crippen LogP contribution < -0.4 is 10.6 Å². The van der Waals surface area contributed by atoms with E-state index in [9.17, 15) is 28.8 Å². The number of rotatable bonds is 14. The predicted molar refractivity (Wildman–Crippen MR) is 177 cm³/mol. The third-order valence-electron chi connectivity index (χ3n) is 7.50. The number of nitrogens with one attached hydrogen (secondary N) is 2. The van der Waals surface area contributed by atoms with E-state index in [1.165, 1.54) is 0 Å². The summed E-state index contributed by atoms with van der Waals surface area (Å²) in [5.74, 6) is -2.60. The number of amides is 2. The van der Waals surface area contributed by atoms with Gasteiger partial charge in [-0.1, -0.05) is 55.8 Å². The molecule has 51 heavy (non-hydrogen) atoms. The number of esters is 2. The molecule has 1 radical (unpaired) electrons. The Hall–Kier alpha value is -3.01. The first-order valence-corrected chi connectivity index (χ1v) is 17.6. The minimum atomic E-state index is -1.15. The van der Waals surface area contributed by atoms with E-state index in [2.05, 4.69) is 10.6 Å². The maximum Gasteiger partial charge on any atom is 2.00 e. The molecule has 18 nitrogen and oxygen atoms in total. The van der Waals surface area contributed by atoms with Gasteiger partial charge in [-0.15, -0.1) is 12.2 Å². The summed E-state index contributed by atoms with van der Waals surface area (Å²) in [6.07, 6.45) is 1.66. The number of carboxylic acid groups (broad SMARTS) is 2. The fourth-order valence-electron chi connectivity index (χ4n) is 5.46. The number of hydrogen-bond donors (Lipinski definition) is 4. The third-order valence-corrected chi connectivity index (χ3v) is 9.19. The summed E-state index contributed by atoms with van der Waals surface area (Å²) in [5.41, 5.74) is 1.40. The molecule has 21 heteroatoms. The second-order valence-corrected chi connectivity index (χ2v) is 13.7. The van der Waals surface area contributed by atoms with E-state index in [1.807, 2.05) is 39.9 Å². The van der Waals surface area contributed by atoms with Gasteiger partial charge >= 0.3 is 29.0 Å². The molecule has 3 aliphatic rings. The van der Waals surface area contributed by atoms with Gasteiger partial charge in [0.1, 0.15) is 38.8 Å². The minimum Gasteiger partial charge on any atom is -0.630 e. The Kier molecular flexibility index (Phi) is 17.9. The second kappa shape index (κ2) is 21.5. The summed E-state index contributed by atoms with van der Waals surface area (Å²) >= 11 is 1.90. The summed E-state index contributed by atoms with van der Waals surface area (Å²) in [5, 5.41) is 21.4. The largest absolute Gasteiger partial charge is 2.00 e. The number of carboxylic acids is 2. The zero-order chi connectivity index (χ0) is 36.0. The maximum absolute atomic E-state index is 13.3. The van der Waals surface area contributed by atoms with Crippen LogP contribution in [0, 0.1) is 12.2 Å². The van der Waals surface area contributed by atoms with Gasteiger partial charge in [-0.25, -0.2) is 9.59 Å². The van der Waals surface area contributed by atoms with Crippen molar-refractivity contribution in [2.45, 2.75) is 38.0 Å². The Morgan fingerprint density at radius 2 is 1.25 bits per heavy atom. The van der Waals surface area contributed by atoms with Crippen molar-refractivity contribution in [1.82, 2.24) is 30.3 Å². The molecule has 4 rings (SSSR count). The average molecular weight is 796 g/mol. The van der Waals surface area contributed by atoms with Crippen molar-refractivity contribution in [2.24, 2.45) is 0 Å². The van der Waals surface area contributed by atoms with Crippen molar-refractivity contribution in [1.29, 1.82) is 0 Å². The topological polar surface area (TPSA) is 226 Å². The van der Waals surface area contributed by atoms with Gasteiger partial charge in [0.2, 0.25) is 0 Å². The van der Waals surface area contributed by atoms with Crippen molar-refractivity contribution < 1.29 is 75.0 Å².